The summed E-state index contributed by atoms with van der Waals surface area (Å²) in [4.78, 5) is 21.0. The molecule has 1 aromatic carbocycles. The SMILES string of the molecule is COn1cc([C@H]2CCN=C(NC(C)=O)N2)c2cc(Br)c(Br)cc21. The zero-order valence-electron chi connectivity index (χ0n) is 12.7. The number of nitrogens with zero attached hydrogens (tertiary/aromatic N) is 2. The number of nitrogens with one attached hydrogen (secondary N) is 2. The van der Waals surface area contributed by atoms with Crippen molar-refractivity contribution in [2.24, 2.45) is 4.99 Å². The van der Waals surface area contributed by atoms with Crippen molar-refractivity contribution in [2.45, 2.75) is 19.4 Å². The average molecular weight is 444 g/mol. The Morgan fingerprint density at radius 3 is 2.87 bits per heavy atom. The number of hydrogen-bond donors (Lipinski definition) is 2. The van der Waals surface area contributed by atoms with Crippen molar-refractivity contribution in [3.63, 3.8) is 0 Å². The number of fused-ring (bicyclic) bond motifs is 1. The summed E-state index contributed by atoms with van der Waals surface area (Å²) in [7, 11) is 1.64. The maximum atomic E-state index is 11.2. The molecule has 1 aromatic heterocycles. The minimum atomic E-state index is -0.136. The third-order valence-electron chi connectivity index (χ3n) is 3.71. The Kier molecular flexibility index (Phi) is 4.63. The van der Waals surface area contributed by atoms with Crippen LogP contribution >= 0.6 is 31.9 Å². The molecule has 2 heterocycles. The lowest BCUT2D eigenvalue weighted by molar-refractivity contribution is -0.117. The van der Waals surface area contributed by atoms with Crippen LogP contribution in [0.2, 0.25) is 0 Å². The van der Waals surface area contributed by atoms with E-state index >= 15 is 0 Å². The molecule has 0 fully saturated rings. The highest BCUT2D eigenvalue weighted by molar-refractivity contribution is 9.13. The molecule has 1 atom stereocenters. The van der Waals surface area contributed by atoms with E-state index in [0.717, 1.165) is 31.8 Å². The summed E-state index contributed by atoms with van der Waals surface area (Å²) in [6, 6.07) is 4.13. The lowest BCUT2D eigenvalue weighted by Gasteiger charge is -2.24. The second-order valence-corrected chi connectivity index (χ2v) is 6.98. The Balaban J connectivity index is 2.01. The highest BCUT2D eigenvalue weighted by Crippen LogP contribution is 2.34. The van der Waals surface area contributed by atoms with Crippen molar-refractivity contribution in [3.8, 4) is 0 Å². The minimum Gasteiger partial charge on any atom is -0.417 e. The van der Waals surface area contributed by atoms with Gasteiger partial charge in [0.25, 0.3) is 0 Å². The number of amides is 1. The Morgan fingerprint density at radius 1 is 1.43 bits per heavy atom. The van der Waals surface area contributed by atoms with Gasteiger partial charge in [0.15, 0.2) is 5.96 Å². The summed E-state index contributed by atoms with van der Waals surface area (Å²) in [5.74, 6) is 0.381. The summed E-state index contributed by atoms with van der Waals surface area (Å²) < 4.78 is 3.68. The fourth-order valence-electron chi connectivity index (χ4n) is 2.71. The molecule has 0 aliphatic carbocycles. The number of hydrogen-bond acceptors (Lipinski definition) is 4. The van der Waals surface area contributed by atoms with Gasteiger partial charge in [0.05, 0.1) is 17.8 Å². The number of carbonyl (C=O) groups excluding carboxylic acids is 1. The molecular weight excluding hydrogens is 428 g/mol. The maximum absolute atomic E-state index is 11.2. The number of carbonyl (C=O) groups is 1. The molecule has 8 heteroatoms. The van der Waals surface area contributed by atoms with Gasteiger partial charge in [-0.25, -0.2) is 0 Å². The second-order valence-electron chi connectivity index (χ2n) is 5.27. The zero-order chi connectivity index (χ0) is 16.6. The van der Waals surface area contributed by atoms with E-state index in [2.05, 4.69) is 53.6 Å². The molecule has 0 saturated heterocycles. The topological polar surface area (TPSA) is 67.6 Å². The molecule has 122 valence electrons. The van der Waals surface area contributed by atoms with Crippen molar-refractivity contribution in [1.29, 1.82) is 0 Å². The minimum absolute atomic E-state index is 0.0568. The molecule has 2 N–H and O–H groups in total. The average Bonchev–Trinajstić information content (AvgIpc) is 2.85. The molecule has 1 aliphatic rings. The Labute approximate surface area is 150 Å². The van der Waals surface area contributed by atoms with Gasteiger partial charge in [0.1, 0.15) is 7.11 Å². The first-order valence-electron chi connectivity index (χ1n) is 7.12. The van der Waals surface area contributed by atoms with Crippen molar-refractivity contribution >= 4 is 54.6 Å². The molecular formula is C15H16Br2N4O2. The van der Waals surface area contributed by atoms with E-state index < -0.39 is 0 Å². The number of rotatable bonds is 2. The van der Waals surface area contributed by atoms with Crippen LogP contribution in [0.3, 0.4) is 0 Å². The van der Waals surface area contributed by atoms with Crippen LogP contribution in [0.25, 0.3) is 10.9 Å². The summed E-state index contributed by atoms with van der Waals surface area (Å²) in [5.41, 5.74) is 2.08. The van der Waals surface area contributed by atoms with E-state index in [1.165, 1.54) is 6.92 Å². The molecule has 6 nitrogen and oxygen atoms in total. The molecule has 0 spiro atoms. The molecule has 1 aliphatic heterocycles. The maximum Gasteiger partial charge on any atom is 0.223 e. The fourth-order valence-corrected chi connectivity index (χ4v) is 3.38. The van der Waals surface area contributed by atoms with Gasteiger partial charge in [0.2, 0.25) is 5.91 Å². The molecule has 0 bridgehead atoms. The van der Waals surface area contributed by atoms with Crippen LogP contribution in [0, 0.1) is 0 Å². The summed E-state index contributed by atoms with van der Waals surface area (Å²) in [6.07, 6.45) is 2.82. The van der Waals surface area contributed by atoms with E-state index in [9.17, 15) is 4.79 Å². The normalized spacial score (nSPS) is 17.6. The van der Waals surface area contributed by atoms with Crippen molar-refractivity contribution in [1.82, 2.24) is 15.4 Å². The van der Waals surface area contributed by atoms with E-state index in [1.54, 1.807) is 11.8 Å². The van der Waals surface area contributed by atoms with Gasteiger partial charge in [0, 0.05) is 33.4 Å². The summed E-state index contributed by atoms with van der Waals surface area (Å²) in [5, 5.41) is 7.09. The van der Waals surface area contributed by atoms with Crippen molar-refractivity contribution in [2.75, 3.05) is 13.7 Å². The number of aliphatic imine (C=N–C) groups is 1. The Morgan fingerprint density at radius 2 is 2.17 bits per heavy atom. The van der Waals surface area contributed by atoms with Crippen LogP contribution in [0.1, 0.15) is 24.9 Å². The smallest absolute Gasteiger partial charge is 0.223 e. The Bertz CT molecular complexity index is 800. The van der Waals surface area contributed by atoms with E-state index in [-0.39, 0.29) is 11.9 Å². The first-order chi connectivity index (χ1) is 11.0. The molecule has 0 unspecified atom stereocenters. The van der Waals surface area contributed by atoms with Crippen LogP contribution in [0.15, 0.2) is 32.3 Å². The van der Waals surface area contributed by atoms with Gasteiger partial charge in [-0.15, -0.1) is 0 Å². The highest BCUT2D eigenvalue weighted by atomic mass is 79.9. The molecule has 23 heavy (non-hydrogen) atoms. The van der Waals surface area contributed by atoms with Gasteiger partial charge < -0.3 is 10.2 Å². The van der Waals surface area contributed by atoms with Gasteiger partial charge in [-0.3, -0.25) is 15.1 Å². The van der Waals surface area contributed by atoms with Crippen LogP contribution in [0.4, 0.5) is 0 Å². The first kappa shape index (κ1) is 16.3. The third-order valence-corrected chi connectivity index (χ3v) is 5.55. The van der Waals surface area contributed by atoms with Gasteiger partial charge in [-0.1, -0.05) is 0 Å². The largest absolute Gasteiger partial charge is 0.417 e. The summed E-state index contributed by atoms with van der Waals surface area (Å²) >= 11 is 7.08. The molecule has 0 radical (unpaired) electrons. The quantitative estimate of drug-likeness (QED) is 0.749. The standard InChI is InChI=1S/C15H16Br2N4O2/c1-8(22)19-15-18-4-3-13(20-15)10-7-21(23-2)14-6-12(17)11(16)5-9(10)14/h5-7,13H,3-4H2,1-2H3,(H2,18,19,20,22)/t13-/m1/s1. The monoisotopic (exact) mass is 442 g/mol. The van der Waals surface area contributed by atoms with Gasteiger partial charge >= 0.3 is 0 Å². The zero-order valence-corrected chi connectivity index (χ0v) is 15.9. The fraction of sp³-hybridized carbons (Fsp3) is 0.333. The third kappa shape index (κ3) is 3.23. The molecule has 2 aromatic rings. The van der Waals surface area contributed by atoms with Crippen LogP contribution in [-0.4, -0.2) is 30.3 Å². The number of halogens is 2. The lowest BCUT2D eigenvalue weighted by Crippen LogP contribution is -2.44. The van der Waals surface area contributed by atoms with Crippen LogP contribution in [0.5, 0.6) is 0 Å². The Hall–Kier alpha value is -1.54. The van der Waals surface area contributed by atoms with Gasteiger partial charge in [-0.2, -0.15) is 4.73 Å². The van der Waals surface area contributed by atoms with E-state index in [0.29, 0.717) is 12.5 Å². The second kappa shape index (κ2) is 6.52. The lowest BCUT2D eigenvalue weighted by atomic mass is 10.0. The predicted molar refractivity (Wildman–Crippen MR) is 96.5 cm³/mol. The molecule has 0 saturated carbocycles. The molecule has 3 rings (SSSR count). The number of aromatic nitrogens is 1. The highest BCUT2D eigenvalue weighted by Gasteiger charge is 2.23. The van der Waals surface area contributed by atoms with Crippen molar-refractivity contribution < 1.29 is 9.63 Å². The van der Waals surface area contributed by atoms with Crippen LogP contribution in [-0.2, 0) is 4.79 Å². The summed E-state index contributed by atoms with van der Waals surface area (Å²) in [6.45, 7) is 2.13. The van der Waals surface area contributed by atoms with E-state index in [1.807, 2.05) is 12.3 Å². The first-order valence-corrected chi connectivity index (χ1v) is 8.71. The van der Waals surface area contributed by atoms with Crippen molar-refractivity contribution in [3.05, 3.63) is 32.8 Å². The van der Waals surface area contributed by atoms with Crippen LogP contribution < -0.4 is 15.5 Å². The number of benzene rings is 1. The predicted octanol–water partition coefficient (Wildman–Crippen LogP) is 2.75. The van der Waals surface area contributed by atoms with E-state index in [4.69, 9.17) is 4.84 Å². The molecule has 1 amide bonds. The van der Waals surface area contributed by atoms with Gasteiger partial charge in [-0.05, 0) is 50.4 Å². The number of guanidine groups is 1.